The summed E-state index contributed by atoms with van der Waals surface area (Å²) >= 11 is 12.6. The Kier molecular flexibility index (Phi) is 6.85. The van der Waals surface area contributed by atoms with E-state index in [0.717, 1.165) is 17.3 Å². The molecule has 146 valence electrons. The number of ether oxygens (including phenoxy) is 2. The number of carbonyl (C=O) groups is 2. The van der Waals surface area contributed by atoms with Crippen LogP contribution in [0, 0.1) is 0 Å². The molecule has 3 rings (SSSR count). The second kappa shape index (κ2) is 9.34. The molecule has 0 spiro atoms. The first kappa shape index (κ1) is 20.5. The normalized spacial score (nSPS) is 16.2. The van der Waals surface area contributed by atoms with E-state index in [1.165, 1.54) is 0 Å². The SMILES string of the molecule is O=C1NC(=O)/C(=C/c2ccc(OCC(O)COc3ccc(Cl)c(Cl)c3)cc2)S1. The number of aliphatic hydroxyl groups excluding tert-OH is 1. The van der Waals surface area contributed by atoms with Gasteiger partial charge in [-0.15, -0.1) is 0 Å². The summed E-state index contributed by atoms with van der Waals surface area (Å²) in [7, 11) is 0. The molecule has 28 heavy (non-hydrogen) atoms. The Morgan fingerprint density at radius 2 is 1.64 bits per heavy atom. The number of halogens is 2. The van der Waals surface area contributed by atoms with Crippen molar-refractivity contribution in [2.45, 2.75) is 6.10 Å². The number of imide groups is 1. The van der Waals surface area contributed by atoms with Crippen molar-refractivity contribution in [3.63, 3.8) is 0 Å². The topological polar surface area (TPSA) is 84.9 Å². The lowest BCUT2D eigenvalue weighted by atomic mass is 10.2. The van der Waals surface area contributed by atoms with E-state index in [2.05, 4.69) is 5.32 Å². The van der Waals surface area contributed by atoms with Gasteiger partial charge in [0.1, 0.15) is 30.8 Å². The predicted molar refractivity (Wildman–Crippen MR) is 109 cm³/mol. The monoisotopic (exact) mass is 439 g/mol. The van der Waals surface area contributed by atoms with Gasteiger partial charge in [0.25, 0.3) is 11.1 Å². The number of rotatable bonds is 7. The Bertz CT molecular complexity index is 917. The minimum Gasteiger partial charge on any atom is -0.491 e. The molecule has 9 heteroatoms. The van der Waals surface area contributed by atoms with Crippen LogP contribution in [0.5, 0.6) is 11.5 Å². The zero-order chi connectivity index (χ0) is 20.1. The van der Waals surface area contributed by atoms with Crippen LogP contribution in [0.25, 0.3) is 6.08 Å². The van der Waals surface area contributed by atoms with Crippen molar-refractivity contribution in [3.05, 3.63) is 63.0 Å². The molecule has 0 saturated carbocycles. The molecular weight excluding hydrogens is 425 g/mol. The molecule has 6 nitrogen and oxygen atoms in total. The van der Waals surface area contributed by atoms with Crippen molar-refractivity contribution in [1.82, 2.24) is 5.32 Å². The zero-order valence-corrected chi connectivity index (χ0v) is 16.7. The average Bonchev–Trinajstić information content (AvgIpc) is 2.99. The number of hydrogen-bond donors (Lipinski definition) is 2. The van der Waals surface area contributed by atoms with Gasteiger partial charge in [-0.1, -0.05) is 35.3 Å². The third-order valence-corrected chi connectivity index (χ3v) is 5.15. The summed E-state index contributed by atoms with van der Waals surface area (Å²) in [6.45, 7) is 0.0665. The quantitative estimate of drug-likeness (QED) is 0.630. The summed E-state index contributed by atoms with van der Waals surface area (Å²) in [4.78, 5) is 23.0. The fourth-order valence-corrected chi connectivity index (χ4v) is 3.20. The smallest absolute Gasteiger partial charge is 0.290 e. The molecule has 1 fully saturated rings. The van der Waals surface area contributed by atoms with Gasteiger partial charge in [-0.2, -0.15) is 0 Å². The molecule has 0 aliphatic carbocycles. The van der Waals surface area contributed by atoms with Gasteiger partial charge in [0.05, 0.1) is 15.0 Å². The first-order valence-corrected chi connectivity index (χ1v) is 9.71. The van der Waals surface area contributed by atoms with Crippen molar-refractivity contribution in [3.8, 4) is 11.5 Å². The summed E-state index contributed by atoms with van der Waals surface area (Å²) in [6, 6.07) is 11.8. The van der Waals surface area contributed by atoms with Crippen LogP contribution < -0.4 is 14.8 Å². The first-order chi connectivity index (χ1) is 13.4. The molecule has 2 N–H and O–H groups in total. The van der Waals surface area contributed by atoms with Crippen molar-refractivity contribution in [1.29, 1.82) is 0 Å². The van der Waals surface area contributed by atoms with Crippen LogP contribution >= 0.6 is 35.0 Å². The maximum absolute atomic E-state index is 11.5. The third-order valence-electron chi connectivity index (χ3n) is 3.60. The van der Waals surface area contributed by atoms with Gasteiger partial charge in [-0.05, 0) is 47.7 Å². The fourth-order valence-electron chi connectivity index (χ4n) is 2.23. The van der Waals surface area contributed by atoms with Crippen molar-refractivity contribution < 1.29 is 24.2 Å². The molecule has 0 radical (unpaired) electrons. The standard InChI is InChI=1S/C19H15Cl2NO5S/c20-15-6-5-14(8-16(15)21)27-10-12(23)9-26-13-3-1-11(2-4-13)7-17-18(24)22-19(25)28-17/h1-8,12,23H,9-10H2,(H,22,24,25)/b17-7-. The van der Waals surface area contributed by atoms with Crippen LogP contribution in [0.2, 0.25) is 10.0 Å². The number of amides is 2. The maximum atomic E-state index is 11.5. The summed E-state index contributed by atoms with van der Waals surface area (Å²) < 4.78 is 11.0. The largest absolute Gasteiger partial charge is 0.491 e. The van der Waals surface area contributed by atoms with Gasteiger partial charge in [0, 0.05) is 6.07 Å². The molecular formula is C19H15Cl2NO5S. The molecule has 0 aromatic heterocycles. The van der Waals surface area contributed by atoms with Crippen LogP contribution in [-0.4, -0.2) is 35.6 Å². The number of aliphatic hydroxyl groups is 1. The zero-order valence-electron chi connectivity index (χ0n) is 14.4. The van der Waals surface area contributed by atoms with E-state index in [4.69, 9.17) is 32.7 Å². The van der Waals surface area contributed by atoms with Gasteiger partial charge in [-0.3, -0.25) is 14.9 Å². The Labute approximate surface area is 175 Å². The van der Waals surface area contributed by atoms with Gasteiger partial charge < -0.3 is 14.6 Å². The lowest BCUT2D eigenvalue weighted by Gasteiger charge is -2.14. The maximum Gasteiger partial charge on any atom is 0.290 e. The molecule has 1 aliphatic heterocycles. The lowest BCUT2D eigenvalue weighted by molar-refractivity contribution is -0.115. The highest BCUT2D eigenvalue weighted by Crippen LogP contribution is 2.27. The van der Waals surface area contributed by atoms with E-state index in [1.54, 1.807) is 48.5 Å². The highest BCUT2D eigenvalue weighted by molar-refractivity contribution is 8.18. The molecule has 2 amide bonds. The lowest BCUT2D eigenvalue weighted by Crippen LogP contribution is -2.25. The number of hydrogen-bond acceptors (Lipinski definition) is 6. The van der Waals surface area contributed by atoms with Crippen LogP contribution in [0.15, 0.2) is 47.4 Å². The van der Waals surface area contributed by atoms with Crippen LogP contribution in [0.3, 0.4) is 0 Å². The Morgan fingerprint density at radius 3 is 2.25 bits per heavy atom. The van der Waals surface area contributed by atoms with E-state index in [0.29, 0.717) is 26.4 Å². The fraction of sp³-hybridized carbons (Fsp3) is 0.158. The van der Waals surface area contributed by atoms with Gasteiger partial charge in [-0.25, -0.2) is 0 Å². The van der Waals surface area contributed by atoms with E-state index in [9.17, 15) is 14.7 Å². The van der Waals surface area contributed by atoms with E-state index in [-0.39, 0.29) is 18.5 Å². The highest BCUT2D eigenvalue weighted by atomic mass is 35.5. The van der Waals surface area contributed by atoms with Gasteiger partial charge in [0.2, 0.25) is 0 Å². The summed E-state index contributed by atoms with van der Waals surface area (Å²) in [6.07, 6.45) is 0.773. The molecule has 1 aliphatic rings. The Balaban J connectivity index is 1.47. The number of benzene rings is 2. The van der Waals surface area contributed by atoms with Gasteiger partial charge in [0.15, 0.2) is 0 Å². The van der Waals surface area contributed by atoms with Crippen molar-refractivity contribution in [2.24, 2.45) is 0 Å². The van der Waals surface area contributed by atoms with Crippen LogP contribution in [-0.2, 0) is 4.79 Å². The third kappa shape index (κ3) is 5.65. The van der Waals surface area contributed by atoms with Gasteiger partial charge >= 0.3 is 0 Å². The molecule has 1 unspecified atom stereocenters. The molecule has 1 atom stereocenters. The van der Waals surface area contributed by atoms with Crippen LogP contribution in [0.1, 0.15) is 5.56 Å². The summed E-state index contributed by atoms with van der Waals surface area (Å²) in [5, 5.41) is 12.6. The Morgan fingerprint density at radius 1 is 1.00 bits per heavy atom. The second-order valence-electron chi connectivity index (χ2n) is 5.77. The van der Waals surface area contributed by atoms with Crippen LogP contribution in [0.4, 0.5) is 4.79 Å². The average molecular weight is 440 g/mol. The molecule has 1 saturated heterocycles. The molecule has 1 heterocycles. The minimum atomic E-state index is -0.846. The molecule has 0 bridgehead atoms. The molecule has 2 aromatic rings. The second-order valence-corrected chi connectivity index (χ2v) is 7.60. The predicted octanol–water partition coefficient (Wildman–Crippen LogP) is 4.14. The van der Waals surface area contributed by atoms with E-state index in [1.807, 2.05) is 0 Å². The van der Waals surface area contributed by atoms with Crippen molar-refractivity contribution in [2.75, 3.05) is 13.2 Å². The first-order valence-electron chi connectivity index (χ1n) is 8.14. The number of carbonyl (C=O) groups excluding carboxylic acids is 2. The summed E-state index contributed by atoms with van der Waals surface area (Å²) in [5.41, 5.74) is 0.753. The minimum absolute atomic E-state index is 0.0303. The van der Waals surface area contributed by atoms with E-state index >= 15 is 0 Å². The summed E-state index contributed by atoms with van der Waals surface area (Å²) in [5.74, 6) is 0.647. The number of nitrogens with one attached hydrogen (secondary N) is 1. The number of thioether (sulfide) groups is 1. The molecule has 2 aromatic carbocycles. The Hall–Kier alpha value is -2.19. The highest BCUT2D eigenvalue weighted by Gasteiger charge is 2.24. The van der Waals surface area contributed by atoms with Crippen molar-refractivity contribution >= 4 is 52.2 Å². The van der Waals surface area contributed by atoms with E-state index < -0.39 is 12.0 Å².